The number of halogens is 4. The van der Waals surface area contributed by atoms with E-state index in [0.717, 1.165) is 38.1 Å². The van der Waals surface area contributed by atoms with Crippen molar-refractivity contribution in [2.75, 3.05) is 13.2 Å². The SMILES string of the molecule is CCOC(=O)C1=C(C(F)(F)F)N=c2s/c(=C\c3c(C)n(Cc4ccc(C(=O)OCC)cc4)c4ccccc34)c(=O)n2[C@@H]1c1ccc(Cl)cc1. The van der Waals surface area contributed by atoms with Gasteiger partial charge in [0.05, 0.1) is 34.9 Å². The fraction of sp³-hybridized carbons (Fsp3) is 0.222. The van der Waals surface area contributed by atoms with E-state index in [1.54, 1.807) is 25.1 Å². The van der Waals surface area contributed by atoms with Gasteiger partial charge in [0.25, 0.3) is 5.56 Å². The van der Waals surface area contributed by atoms with E-state index in [2.05, 4.69) is 9.56 Å². The highest BCUT2D eigenvalue weighted by Gasteiger charge is 2.45. The van der Waals surface area contributed by atoms with Crippen molar-refractivity contribution in [2.45, 2.75) is 39.5 Å². The molecule has 1 aliphatic rings. The van der Waals surface area contributed by atoms with Crippen LogP contribution in [0.1, 0.15) is 52.6 Å². The van der Waals surface area contributed by atoms with Gasteiger partial charge in [0.15, 0.2) is 10.5 Å². The molecular weight excluding hydrogens is 679 g/mol. The van der Waals surface area contributed by atoms with E-state index in [0.29, 0.717) is 22.7 Å². The number of allylic oxidation sites excluding steroid dienone is 1. The maximum Gasteiger partial charge on any atom is 0.434 e. The topological polar surface area (TPSA) is 91.9 Å². The largest absolute Gasteiger partial charge is 0.463 e. The van der Waals surface area contributed by atoms with Crippen molar-refractivity contribution < 1.29 is 32.2 Å². The smallest absolute Gasteiger partial charge is 0.434 e. The van der Waals surface area contributed by atoms with Crippen molar-refractivity contribution >= 4 is 51.9 Å². The molecule has 1 atom stereocenters. The van der Waals surface area contributed by atoms with Crippen LogP contribution in [-0.2, 0) is 20.8 Å². The number of hydrogen-bond donors (Lipinski definition) is 0. The molecular formula is C36H29ClF3N3O5S. The average Bonchev–Trinajstić information content (AvgIpc) is 3.53. The van der Waals surface area contributed by atoms with Gasteiger partial charge in [0.1, 0.15) is 0 Å². The van der Waals surface area contributed by atoms with Gasteiger partial charge in [-0.2, -0.15) is 13.2 Å². The number of hydrogen-bond acceptors (Lipinski definition) is 7. The number of rotatable bonds is 8. The van der Waals surface area contributed by atoms with Gasteiger partial charge >= 0.3 is 18.1 Å². The molecule has 8 nitrogen and oxygen atoms in total. The van der Waals surface area contributed by atoms with Crippen LogP contribution in [0.5, 0.6) is 0 Å². The molecule has 13 heteroatoms. The van der Waals surface area contributed by atoms with Gasteiger partial charge in [-0.15, -0.1) is 0 Å². The van der Waals surface area contributed by atoms with E-state index in [-0.39, 0.29) is 28.1 Å². The summed E-state index contributed by atoms with van der Waals surface area (Å²) in [6, 6.07) is 19.1. The van der Waals surface area contributed by atoms with Crippen molar-refractivity contribution in [2.24, 2.45) is 4.99 Å². The van der Waals surface area contributed by atoms with Gasteiger partial charge in [-0.1, -0.05) is 65.4 Å². The fourth-order valence-electron chi connectivity index (χ4n) is 5.92. The molecule has 0 aliphatic carbocycles. The average molecular weight is 708 g/mol. The summed E-state index contributed by atoms with van der Waals surface area (Å²) in [6.45, 7) is 5.66. The second kappa shape index (κ2) is 13.5. The molecule has 1 aliphatic heterocycles. The molecule has 3 heterocycles. The lowest BCUT2D eigenvalue weighted by molar-refractivity contribution is -0.140. The minimum absolute atomic E-state index is 0.133. The lowest BCUT2D eigenvalue weighted by Crippen LogP contribution is -2.41. The molecule has 0 spiro atoms. The van der Waals surface area contributed by atoms with Crippen LogP contribution in [0.25, 0.3) is 17.0 Å². The van der Waals surface area contributed by atoms with Crippen molar-refractivity contribution in [1.29, 1.82) is 0 Å². The number of aromatic nitrogens is 2. The summed E-state index contributed by atoms with van der Waals surface area (Å²) < 4.78 is 57.0. The van der Waals surface area contributed by atoms with Gasteiger partial charge in [0, 0.05) is 33.7 Å². The summed E-state index contributed by atoms with van der Waals surface area (Å²) in [4.78, 5) is 43.1. The molecule has 0 bridgehead atoms. The zero-order valence-electron chi connectivity index (χ0n) is 26.5. The number of benzene rings is 3. The van der Waals surface area contributed by atoms with E-state index in [9.17, 15) is 27.6 Å². The van der Waals surface area contributed by atoms with E-state index in [4.69, 9.17) is 21.1 Å². The second-order valence-electron chi connectivity index (χ2n) is 11.1. The zero-order chi connectivity index (χ0) is 35.0. The Morgan fingerprint density at radius 2 is 1.61 bits per heavy atom. The Hall–Kier alpha value is -4.94. The number of nitrogens with zero attached hydrogens (tertiary/aromatic N) is 3. The van der Waals surface area contributed by atoms with Crippen molar-refractivity contribution in [3.8, 4) is 0 Å². The van der Waals surface area contributed by atoms with Crippen molar-refractivity contribution in [3.63, 3.8) is 0 Å². The van der Waals surface area contributed by atoms with Crippen LogP contribution in [0, 0.1) is 6.92 Å². The molecule has 252 valence electrons. The summed E-state index contributed by atoms with van der Waals surface area (Å²) in [5.41, 5.74) is 1.15. The molecule has 5 aromatic rings. The number of esters is 2. The van der Waals surface area contributed by atoms with Gasteiger partial charge in [-0.25, -0.2) is 14.6 Å². The summed E-state index contributed by atoms with van der Waals surface area (Å²) in [5, 5.41) is 1.15. The van der Waals surface area contributed by atoms with Crippen molar-refractivity contribution in [1.82, 2.24) is 9.13 Å². The van der Waals surface area contributed by atoms with Gasteiger partial charge in [-0.05, 0) is 68.3 Å². The Balaban J connectivity index is 1.52. The lowest BCUT2D eigenvalue weighted by atomic mass is 9.95. The number of alkyl halides is 3. The predicted octanol–water partition coefficient (Wildman–Crippen LogP) is 6.48. The number of carbonyl (C=O) groups excluding carboxylic acids is 2. The Morgan fingerprint density at radius 1 is 0.959 bits per heavy atom. The van der Waals surface area contributed by atoms with Crippen molar-refractivity contribution in [3.05, 3.63) is 137 Å². The molecule has 0 unspecified atom stereocenters. The van der Waals surface area contributed by atoms with E-state index in [1.165, 1.54) is 31.2 Å². The molecule has 3 aromatic carbocycles. The van der Waals surface area contributed by atoms with Crippen LogP contribution in [0.3, 0.4) is 0 Å². The van der Waals surface area contributed by atoms with Gasteiger partial charge in [-0.3, -0.25) is 9.36 Å². The lowest BCUT2D eigenvalue weighted by Gasteiger charge is -2.26. The number of thiazole rings is 1. The first-order valence-electron chi connectivity index (χ1n) is 15.3. The number of fused-ring (bicyclic) bond motifs is 2. The first kappa shape index (κ1) is 33.9. The summed E-state index contributed by atoms with van der Waals surface area (Å²) >= 11 is 6.89. The minimum Gasteiger partial charge on any atom is -0.463 e. The maximum atomic E-state index is 14.5. The summed E-state index contributed by atoms with van der Waals surface area (Å²) in [6.07, 6.45) is -3.36. The van der Waals surface area contributed by atoms with Crippen LogP contribution < -0.4 is 14.9 Å². The van der Waals surface area contributed by atoms with Gasteiger partial charge < -0.3 is 14.0 Å². The first-order chi connectivity index (χ1) is 23.4. The van der Waals surface area contributed by atoms with E-state index in [1.807, 2.05) is 43.3 Å². The van der Waals surface area contributed by atoms with Crippen LogP contribution >= 0.6 is 22.9 Å². The van der Waals surface area contributed by atoms with Crippen LogP contribution in [0.4, 0.5) is 13.2 Å². The molecule has 0 N–H and O–H groups in total. The fourth-order valence-corrected chi connectivity index (χ4v) is 7.03. The Morgan fingerprint density at radius 3 is 2.27 bits per heavy atom. The normalized spacial score (nSPS) is 14.9. The third-order valence-electron chi connectivity index (χ3n) is 8.14. The van der Waals surface area contributed by atoms with E-state index >= 15 is 0 Å². The van der Waals surface area contributed by atoms with Crippen LogP contribution in [0.15, 0.2) is 93.9 Å². The molecule has 0 fully saturated rings. The molecule has 49 heavy (non-hydrogen) atoms. The molecule has 0 saturated carbocycles. The minimum atomic E-state index is -5.01. The highest BCUT2D eigenvalue weighted by molar-refractivity contribution is 7.07. The molecule has 0 amide bonds. The van der Waals surface area contributed by atoms with Crippen LogP contribution in [-0.4, -0.2) is 40.5 Å². The monoisotopic (exact) mass is 707 g/mol. The Kier molecular flexibility index (Phi) is 9.37. The molecule has 2 aromatic heterocycles. The Labute approximate surface area is 287 Å². The summed E-state index contributed by atoms with van der Waals surface area (Å²) in [7, 11) is 0. The Bertz CT molecular complexity index is 2300. The predicted molar refractivity (Wildman–Crippen MR) is 180 cm³/mol. The number of para-hydroxylation sites is 1. The number of carbonyl (C=O) groups is 2. The highest BCUT2D eigenvalue weighted by Crippen LogP contribution is 2.38. The molecule has 0 saturated heterocycles. The highest BCUT2D eigenvalue weighted by atomic mass is 35.5. The standard InChI is InChI=1S/C36H29ClF3N3O5S/c1-4-47-33(45)23-12-10-21(11-13-23)19-42-20(3)26(25-8-6-7-9-27(25)42)18-28-32(44)43-30(22-14-16-24(37)17-15-22)29(34(46)48-5-2)31(36(38,39)40)41-35(43)49-28/h6-18,30H,4-5,19H2,1-3H3/b28-18-/t30-/m1/s1. The second-order valence-corrected chi connectivity index (χ2v) is 12.6. The number of ether oxygens (including phenoxy) is 2. The van der Waals surface area contributed by atoms with Crippen LogP contribution in [0.2, 0.25) is 5.02 Å². The summed E-state index contributed by atoms with van der Waals surface area (Å²) in [5.74, 6) is -1.63. The molecule has 0 radical (unpaired) electrons. The third-order valence-corrected chi connectivity index (χ3v) is 9.38. The van der Waals surface area contributed by atoms with Gasteiger partial charge in [0.2, 0.25) is 0 Å². The zero-order valence-corrected chi connectivity index (χ0v) is 28.1. The first-order valence-corrected chi connectivity index (χ1v) is 16.5. The third kappa shape index (κ3) is 6.45. The quantitative estimate of drug-likeness (QED) is 0.172. The molecule has 6 rings (SSSR count). The maximum absolute atomic E-state index is 14.5. The van der Waals surface area contributed by atoms with E-state index < -0.39 is 41.0 Å².